The molecule has 3 atom stereocenters. The number of phosphoric acid groups is 1. The first kappa shape index (κ1) is 67.9. The van der Waals surface area contributed by atoms with Gasteiger partial charge in [-0.3, -0.25) is 18.6 Å². The van der Waals surface area contributed by atoms with Crippen molar-refractivity contribution in [1.29, 1.82) is 0 Å². The molecule has 0 aliphatic rings. The maximum Gasteiger partial charge on any atom is 0.472 e. The summed E-state index contributed by atoms with van der Waals surface area (Å²) in [6.45, 7) is 6.79. The van der Waals surface area contributed by atoms with Crippen LogP contribution >= 0.6 is 7.82 Å². The second-order valence-corrected chi connectivity index (χ2v) is 21.6. The molecule has 0 aliphatic heterocycles. The minimum atomic E-state index is -4.46. The van der Waals surface area contributed by atoms with Crippen LogP contribution in [0.2, 0.25) is 0 Å². The van der Waals surface area contributed by atoms with E-state index in [2.05, 4.69) is 105 Å². The summed E-state index contributed by atoms with van der Waals surface area (Å²) in [5, 5.41) is 3.03. The molecule has 0 aromatic carbocycles. The van der Waals surface area contributed by atoms with Crippen molar-refractivity contribution < 1.29 is 37.3 Å². The molecular formula is C61H108N2O7P+. The van der Waals surface area contributed by atoms with E-state index >= 15 is 0 Å². The van der Waals surface area contributed by atoms with E-state index in [1.165, 1.54) is 70.6 Å². The second kappa shape index (κ2) is 50.5. The van der Waals surface area contributed by atoms with Crippen LogP contribution in [-0.2, 0) is 27.9 Å². The second-order valence-electron chi connectivity index (χ2n) is 20.1. The molecule has 10 heteroatoms. The minimum absolute atomic E-state index is 0.0277. The van der Waals surface area contributed by atoms with Crippen molar-refractivity contribution in [1.82, 2.24) is 5.32 Å². The van der Waals surface area contributed by atoms with E-state index in [0.717, 1.165) is 116 Å². The Morgan fingerprint density at radius 1 is 0.521 bits per heavy atom. The first-order valence-electron chi connectivity index (χ1n) is 28.6. The van der Waals surface area contributed by atoms with Gasteiger partial charge >= 0.3 is 13.8 Å². The third-order valence-corrected chi connectivity index (χ3v) is 13.1. The minimum Gasteiger partial charge on any atom is -0.456 e. The van der Waals surface area contributed by atoms with Crippen molar-refractivity contribution in [2.75, 3.05) is 40.9 Å². The highest BCUT2D eigenvalue weighted by Gasteiger charge is 2.30. The number of esters is 1. The molecule has 0 rings (SSSR count). The normalized spacial score (nSPS) is 14.5. The van der Waals surface area contributed by atoms with Crippen molar-refractivity contribution in [3.63, 3.8) is 0 Å². The smallest absolute Gasteiger partial charge is 0.456 e. The van der Waals surface area contributed by atoms with Gasteiger partial charge in [0.15, 0.2) is 0 Å². The van der Waals surface area contributed by atoms with Gasteiger partial charge in [0.05, 0.1) is 33.8 Å². The Hall–Kier alpha value is -3.07. The zero-order valence-electron chi connectivity index (χ0n) is 46.4. The van der Waals surface area contributed by atoms with E-state index in [1.807, 2.05) is 39.4 Å². The highest BCUT2D eigenvalue weighted by atomic mass is 31.2. The monoisotopic (exact) mass is 1010 g/mol. The van der Waals surface area contributed by atoms with E-state index in [-0.39, 0.29) is 31.5 Å². The number of allylic oxidation sites excluding steroid dienone is 15. The van der Waals surface area contributed by atoms with E-state index < -0.39 is 20.0 Å². The highest BCUT2D eigenvalue weighted by Crippen LogP contribution is 2.43. The van der Waals surface area contributed by atoms with Gasteiger partial charge in [-0.2, -0.15) is 0 Å². The van der Waals surface area contributed by atoms with Crippen LogP contribution in [0.5, 0.6) is 0 Å². The molecule has 0 radical (unpaired) electrons. The first-order valence-corrected chi connectivity index (χ1v) is 30.1. The molecule has 408 valence electrons. The van der Waals surface area contributed by atoms with Gasteiger partial charge in [0.1, 0.15) is 19.3 Å². The van der Waals surface area contributed by atoms with Crippen molar-refractivity contribution >= 4 is 19.7 Å². The van der Waals surface area contributed by atoms with E-state index in [1.54, 1.807) is 0 Å². The number of amides is 1. The Bertz CT molecular complexity index is 1540. The number of hydrogen-bond donors (Lipinski definition) is 2. The third-order valence-electron chi connectivity index (χ3n) is 12.1. The Balaban J connectivity index is 5.34. The molecule has 9 nitrogen and oxygen atoms in total. The molecule has 0 aromatic rings. The lowest BCUT2D eigenvalue weighted by Gasteiger charge is -2.27. The Morgan fingerprint density at radius 2 is 0.958 bits per heavy atom. The maximum absolute atomic E-state index is 13.5. The van der Waals surface area contributed by atoms with Crippen LogP contribution < -0.4 is 5.32 Å². The van der Waals surface area contributed by atoms with Crippen LogP contribution in [0.3, 0.4) is 0 Å². The summed E-state index contributed by atoms with van der Waals surface area (Å²) in [7, 11) is 1.45. The lowest BCUT2D eigenvalue weighted by molar-refractivity contribution is -0.870. The Kier molecular flexibility index (Phi) is 48.3. The quantitative estimate of drug-likeness (QED) is 0.0156. The lowest BCUT2D eigenvalue weighted by Crippen LogP contribution is -2.47. The molecule has 2 N–H and O–H groups in total. The van der Waals surface area contributed by atoms with E-state index in [4.69, 9.17) is 13.8 Å². The molecule has 0 aromatic heterocycles. The van der Waals surface area contributed by atoms with Gasteiger partial charge in [-0.1, -0.05) is 215 Å². The number of carbonyl (C=O) groups is 2. The van der Waals surface area contributed by atoms with Crippen LogP contribution in [0, 0.1) is 0 Å². The van der Waals surface area contributed by atoms with Gasteiger partial charge in [-0.25, -0.2) is 4.57 Å². The average molecular weight is 1010 g/mol. The lowest BCUT2D eigenvalue weighted by atomic mass is 10.1. The number of nitrogens with zero attached hydrogens (tertiary/aromatic N) is 1. The van der Waals surface area contributed by atoms with Crippen molar-refractivity contribution in [3.8, 4) is 0 Å². The highest BCUT2D eigenvalue weighted by molar-refractivity contribution is 7.47. The molecule has 0 saturated heterocycles. The van der Waals surface area contributed by atoms with E-state index in [0.29, 0.717) is 23.9 Å². The van der Waals surface area contributed by atoms with Crippen molar-refractivity contribution in [2.45, 2.75) is 238 Å². The Labute approximate surface area is 437 Å². The summed E-state index contributed by atoms with van der Waals surface area (Å²) in [5.74, 6) is -0.558. The number of nitrogens with one attached hydrogen (secondary N) is 1. The maximum atomic E-state index is 13.5. The zero-order valence-corrected chi connectivity index (χ0v) is 47.3. The largest absolute Gasteiger partial charge is 0.472 e. The topological polar surface area (TPSA) is 111 Å². The summed E-state index contributed by atoms with van der Waals surface area (Å²) >= 11 is 0. The van der Waals surface area contributed by atoms with Gasteiger partial charge in [-0.05, 0) is 96.0 Å². The fourth-order valence-electron chi connectivity index (χ4n) is 7.63. The zero-order chi connectivity index (χ0) is 52.2. The summed E-state index contributed by atoms with van der Waals surface area (Å²) in [6.07, 6.45) is 66.9. The molecule has 0 saturated carbocycles. The fraction of sp³-hybridized carbons (Fsp3) is 0.705. The predicted molar refractivity (Wildman–Crippen MR) is 304 cm³/mol. The number of carbonyl (C=O) groups excluding carboxylic acids is 2. The predicted octanol–water partition coefficient (Wildman–Crippen LogP) is 17.2. The number of ether oxygens (including phenoxy) is 1. The van der Waals surface area contributed by atoms with Gasteiger partial charge in [0.25, 0.3) is 0 Å². The van der Waals surface area contributed by atoms with Crippen LogP contribution in [0.1, 0.15) is 226 Å². The van der Waals surface area contributed by atoms with Gasteiger partial charge in [0, 0.05) is 12.8 Å². The molecule has 71 heavy (non-hydrogen) atoms. The molecule has 3 unspecified atom stereocenters. The third kappa shape index (κ3) is 51.6. The van der Waals surface area contributed by atoms with Gasteiger partial charge in [-0.15, -0.1) is 0 Å². The van der Waals surface area contributed by atoms with Crippen LogP contribution in [0.15, 0.2) is 97.2 Å². The van der Waals surface area contributed by atoms with E-state index in [9.17, 15) is 19.0 Å². The molecule has 0 bridgehead atoms. The molecular weight excluding hydrogens is 904 g/mol. The fourth-order valence-corrected chi connectivity index (χ4v) is 8.36. The van der Waals surface area contributed by atoms with Crippen LogP contribution in [-0.4, -0.2) is 74.3 Å². The van der Waals surface area contributed by atoms with Crippen molar-refractivity contribution in [3.05, 3.63) is 97.2 Å². The van der Waals surface area contributed by atoms with Crippen molar-refractivity contribution in [2.24, 2.45) is 0 Å². The standard InChI is InChI=1S/C61H107N2O7P/c1-7-10-13-16-19-22-25-27-28-29-30-31-32-33-34-36-38-41-44-47-50-53-60(64)62-58(57-69-71(66,67)68-56-55-63(4,5)6)59(52-49-46-43-40-37-24-21-18-15-12-9-3)70-61(65)54-51-48-45-42-39-35-26-23-20-17-14-11-8-2/h11,14,17,19-20,22-23,26-28,30-31,33-34,49,52,58-59H,7-10,12-13,15-16,18,21,24-25,29,32,35-48,50-51,53-57H2,1-6H3,(H-,62,64,66,67)/p+1/b14-11+,20-17+,22-19-,26-23-,28-27-,31-30-,34-33-,52-49-. The number of rotatable bonds is 50. The molecule has 1 amide bonds. The number of hydrogen-bond acceptors (Lipinski definition) is 6. The van der Waals surface area contributed by atoms with Crippen LogP contribution in [0.25, 0.3) is 0 Å². The van der Waals surface area contributed by atoms with Gasteiger partial charge < -0.3 is 19.4 Å². The first-order chi connectivity index (χ1) is 34.4. The Morgan fingerprint density at radius 3 is 1.49 bits per heavy atom. The van der Waals surface area contributed by atoms with Crippen LogP contribution in [0.4, 0.5) is 0 Å². The molecule has 0 spiro atoms. The average Bonchev–Trinajstić information content (AvgIpc) is 3.33. The summed E-state index contributed by atoms with van der Waals surface area (Å²) < 4.78 is 30.5. The number of phosphoric ester groups is 1. The molecule has 0 fully saturated rings. The van der Waals surface area contributed by atoms with Gasteiger partial charge in [0.2, 0.25) is 5.91 Å². The number of quaternary nitrogens is 1. The summed E-state index contributed by atoms with van der Waals surface area (Å²) in [4.78, 5) is 37.5. The molecule has 0 aliphatic carbocycles. The number of unbranched alkanes of at least 4 members (excludes halogenated alkanes) is 22. The summed E-state index contributed by atoms with van der Waals surface area (Å²) in [5.41, 5.74) is 0. The SMILES string of the molecule is CC/C=C/C=C/C=C\CCCCCCCC(=O)OC(/C=C\CCCCCCCCCCC)C(COP(=O)(O)OCC[N+](C)(C)C)NC(=O)CCCCCCC/C=C\C/C=C\C/C=C\C/C=C\CCCCC. The number of likely N-dealkylation sites (N-methyl/N-ethyl adjacent to an activating group) is 1. The summed E-state index contributed by atoms with van der Waals surface area (Å²) in [6, 6.07) is -0.871. The molecule has 0 heterocycles.